The van der Waals surface area contributed by atoms with Crippen LogP contribution in [-0.4, -0.2) is 30.6 Å². The SMILES string of the molecule is C#CCOc1c(Br)cc(/C=C(/C#N)C(=O)NCCc2c[nH]c3ccccc23)cc1OCC. The lowest BCUT2D eigenvalue weighted by molar-refractivity contribution is -0.117. The van der Waals surface area contributed by atoms with Crippen molar-refractivity contribution in [2.45, 2.75) is 13.3 Å². The number of carbonyl (C=O) groups is 1. The van der Waals surface area contributed by atoms with Crippen molar-refractivity contribution in [3.63, 3.8) is 0 Å². The van der Waals surface area contributed by atoms with E-state index in [2.05, 4.69) is 32.2 Å². The first-order valence-corrected chi connectivity index (χ1v) is 10.8. The van der Waals surface area contributed by atoms with Crippen LogP contribution in [0.5, 0.6) is 11.5 Å². The molecular weight excluding hydrogens is 470 g/mol. The Labute approximate surface area is 195 Å². The van der Waals surface area contributed by atoms with Crippen LogP contribution >= 0.6 is 15.9 Å². The number of nitrogens with one attached hydrogen (secondary N) is 2. The molecule has 0 unspecified atom stereocenters. The minimum absolute atomic E-state index is 0.00410. The highest BCUT2D eigenvalue weighted by atomic mass is 79.9. The number of rotatable bonds is 9. The molecule has 1 heterocycles. The Morgan fingerprint density at radius 1 is 1.31 bits per heavy atom. The van der Waals surface area contributed by atoms with Crippen LogP contribution in [0, 0.1) is 23.7 Å². The summed E-state index contributed by atoms with van der Waals surface area (Å²) in [5, 5.41) is 13.5. The van der Waals surface area contributed by atoms with E-state index in [4.69, 9.17) is 15.9 Å². The third-order valence-corrected chi connectivity index (χ3v) is 5.25. The van der Waals surface area contributed by atoms with Crippen molar-refractivity contribution in [2.75, 3.05) is 19.8 Å². The zero-order valence-electron chi connectivity index (χ0n) is 17.6. The van der Waals surface area contributed by atoms with Gasteiger partial charge in [-0.15, -0.1) is 6.42 Å². The summed E-state index contributed by atoms with van der Waals surface area (Å²) in [6.07, 6.45) is 9.37. The summed E-state index contributed by atoms with van der Waals surface area (Å²) in [5.74, 6) is 2.93. The van der Waals surface area contributed by atoms with Crippen molar-refractivity contribution in [2.24, 2.45) is 0 Å². The molecule has 1 amide bonds. The van der Waals surface area contributed by atoms with Crippen molar-refractivity contribution in [1.82, 2.24) is 10.3 Å². The van der Waals surface area contributed by atoms with E-state index in [1.54, 1.807) is 12.1 Å². The van der Waals surface area contributed by atoms with Gasteiger partial charge in [0.15, 0.2) is 11.5 Å². The molecule has 2 N–H and O–H groups in total. The van der Waals surface area contributed by atoms with Gasteiger partial charge in [0.2, 0.25) is 0 Å². The number of fused-ring (bicyclic) bond motifs is 1. The summed E-state index contributed by atoms with van der Waals surface area (Å²) in [6, 6.07) is 13.4. The first kappa shape index (κ1) is 23.0. The molecule has 0 atom stereocenters. The van der Waals surface area contributed by atoms with Crippen molar-refractivity contribution in [3.8, 4) is 29.9 Å². The molecule has 0 aliphatic heterocycles. The summed E-state index contributed by atoms with van der Waals surface area (Å²) in [7, 11) is 0. The molecule has 0 aliphatic carbocycles. The Morgan fingerprint density at radius 2 is 2.12 bits per heavy atom. The molecule has 0 saturated heterocycles. The molecule has 0 spiro atoms. The van der Waals surface area contributed by atoms with Crippen LogP contribution in [-0.2, 0) is 11.2 Å². The van der Waals surface area contributed by atoms with Crippen molar-refractivity contribution >= 4 is 38.8 Å². The van der Waals surface area contributed by atoms with Crippen LogP contribution in [0.2, 0.25) is 0 Å². The highest BCUT2D eigenvalue weighted by Crippen LogP contribution is 2.37. The fraction of sp³-hybridized carbons (Fsp3) is 0.200. The van der Waals surface area contributed by atoms with E-state index < -0.39 is 5.91 Å². The molecule has 0 bridgehead atoms. The second kappa shape index (κ2) is 11.1. The summed E-state index contributed by atoms with van der Waals surface area (Å²) in [6.45, 7) is 2.78. The normalized spacial score (nSPS) is 10.9. The van der Waals surface area contributed by atoms with Crippen LogP contribution in [0.3, 0.4) is 0 Å². The van der Waals surface area contributed by atoms with Crippen molar-refractivity contribution in [3.05, 3.63) is 63.8 Å². The van der Waals surface area contributed by atoms with Gasteiger partial charge in [0, 0.05) is 23.6 Å². The fourth-order valence-electron chi connectivity index (χ4n) is 3.25. The van der Waals surface area contributed by atoms with Crippen molar-refractivity contribution < 1.29 is 14.3 Å². The van der Waals surface area contributed by atoms with Gasteiger partial charge in [-0.1, -0.05) is 24.1 Å². The molecule has 1 aromatic heterocycles. The van der Waals surface area contributed by atoms with Gasteiger partial charge in [-0.05, 0) is 64.7 Å². The van der Waals surface area contributed by atoms with E-state index in [0.717, 1.165) is 16.5 Å². The number of nitrogens with zero attached hydrogens (tertiary/aromatic N) is 1. The minimum atomic E-state index is -0.436. The second-order valence-electron chi connectivity index (χ2n) is 6.79. The first-order chi connectivity index (χ1) is 15.6. The molecule has 162 valence electrons. The third kappa shape index (κ3) is 5.51. The maximum atomic E-state index is 12.6. The third-order valence-electron chi connectivity index (χ3n) is 4.66. The Morgan fingerprint density at radius 3 is 2.88 bits per heavy atom. The van der Waals surface area contributed by atoms with Gasteiger partial charge in [0.25, 0.3) is 5.91 Å². The number of halogens is 1. The van der Waals surface area contributed by atoms with E-state index >= 15 is 0 Å². The number of amides is 1. The topological polar surface area (TPSA) is 87.1 Å². The number of aromatic amines is 1. The van der Waals surface area contributed by atoms with E-state index in [1.165, 1.54) is 6.08 Å². The number of hydrogen-bond donors (Lipinski definition) is 2. The van der Waals surface area contributed by atoms with Gasteiger partial charge < -0.3 is 19.8 Å². The maximum Gasteiger partial charge on any atom is 0.261 e. The van der Waals surface area contributed by atoms with Gasteiger partial charge in [-0.25, -0.2) is 0 Å². The number of H-pyrrole nitrogens is 1. The molecule has 0 fully saturated rings. The molecule has 32 heavy (non-hydrogen) atoms. The summed E-state index contributed by atoms with van der Waals surface area (Å²) in [5.41, 5.74) is 2.78. The van der Waals surface area contributed by atoms with Crippen LogP contribution in [0.15, 0.2) is 52.6 Å². The molecule has 0 saturated carbocycles. The lowest BCUT2D eigenvalue weighted by Gasteiger charge is -2.13. The number of benzene rings is 2. The van der Waals surface area contributed by atoms with E-state index in [0.29, 0.717) is 41.1 Å². The molecule has 0 aliphatic rings. The zero-order chi connectivity index (χ0) is 22.9. The number of hydrogen-bond acceptors (Lipinski definition) is 4. The monoisotopic (exact) mass is 491 g/mol. The summed E-state index contributed by atoms with van der Waals surface area (Å²) in [4.78, 5) is 15.8. The van der Waals surface area contributed by atoms with Crippen LogP contribution in [0.1, 0.15) is 18.1 Å². The molecular formula is C25H22BrN3O3. The Bertz CT molecular complexity index is 1230. The van der Waals surface area contributed by atoms with Gasteiger partial charge in [0.05, 0.1) is 11.1 Å². The average molecular weight is 492 g/mol. The molecule has 7 heteroatoms. The zero-order valence-corrected chi connectivity index (χ0v) is 19.2. The fourth-order valence-corrected chi connectivity index (χ4v) is 3.82. The largest absolute Gasteiger partial charge is 0.490 e. The number of aromatic nitrogens is 1. The highest BCUT2D eigenvalue weighted by molar-refractivity contribution is 9.10. The van der Waals surface area contributed by atoms with Gasteiger partial charge >= 0.3 is 0 Å². The second-order valence-corrected chi connectivity index (χ2v) is 7.65. The van der Waals surface area contributed by atoms with Crippen LogP contribution in [0.25, 0.3) is 17.0 Å². The number of terminal acetylenes is 1. The van der Waals surface area contributed by atoms with Crippen LogP contribution < -0.4 is 14.8 Å². The molecule has 3 aromatic rings. The predicted molar refractivity (Wildman–Crippen MR) is 128 cm³/mol. The first-order valence-electron chi connectivity index (χ1n) is 10.0. The molecule has 3 rings (SSSR count). The van der Waals surface area contributed by atoms with E-state index in [9.17, 15) is 10.1 Å². The van der Waals surface area contributed by atoms with Gasteiger partial charge in [-0.2, -0.15) is 5.26 Å². The van der Waals surface area contributed by atoms with Gasteiger partial charge in [-0.3, -0.25) is 4.79 Å². The highest BCUT2D eigenvalue weighted by Gasteiger charge is 2.14. The Balaban J connectivity index is 1.72. The van der Waals surface area contributed by atoms with E-state index in [-0.39, 0.29) is 12.2 Å². The summed E-state index contributed by atoms with van der Waals surface area (Å²) >= 11 is 3.44. The molecule has 2 aromatic carbocycles. The average Bonchev–Trinajstić information content (AvgIpc) is 3.20. The number of nitriles is 1. The minimum Gasteiger partial charge on any atom is -0.490 e. The summed E-state index contributed by atoms with van der Waals surface area (Å²) < 4.78 is 11.8. The molecule has 0 radical (unpaired) electrons. The Kier molecular flexibility index (Phi) is 7.96. The number of para-hydroxylation sites is 1. The maximum absolute atomic E-state index is 12.6. The predicted octanol–water partition coefficient (Wildman–Crippen LogP) is 4.61. The Hall–Kier alpha value is -3.68. The smallest absolute Gasteiger partial charge is 0.261 e. The standard InChI is InChI=1S/C25H22BrN3O3/c1-3-11-32-24-21(26)13-17(14-23(24)31-4-2)12-19(15-27)25(30)28-10-9-18-16-29-22-8-6-5-7-20(18)22/h1,5-8,12-14,16,29H,4,9-11H2,2H3,(H,28,30)/b19-12-. The van der Waals surface area contributed by atoms with Gasteiger partial charge in [0.1, 0.15) is 18.2 Å². The molecule has 6 nitrogen and oxygen atoms in total. The quantitative estimate of drug-likeness (QED) is 0.260. The van der Waals surface area contributed by atoms with Crippen LogP contribution in [0.4, 0.5) is 0 Å². The number of carbonyl (C=O) groups excluding carboxylic acids is 1. The lowest BCUT2D eigenvalue weighted by atomic mass is 10.1. The number of ether oxygens (including phenoxy) is 2. The van der Waals surface area contributed by atoms with E-state index in [1.807, 2.05) is 43.5 Å². The lowest BCUT2D eigenvalue weighted by Crippen LogP contribution is -2.26. The van der Waals surface area contributed by atoms with Crippen molar-refractivity contribution in [1.29, 1.82) is 5.26 Å².